The lowest BCUT2D eigenvalue weighted by Gasteiger charge is -2.16. The van der Waals surface area contributed by atoms with Gasteiger partial charge in [-0.3, -0.25) is 9.59 Å². The van der Waals surface area contributed by atoms with Crippen LogP contribution in [0.1, 0.15) is 24.9 Å². The fourth-order valence-corrected chi connectivity index (χ4v) is 1.84. The van der Waals surface area contributed by atoms with Crippen LogP contribution < -0.4 is 5.32 Å². The number of hydrogen-bond acceptors (Lipinski definition) is 2. The van der Waals surface area contributed by atoms with Gasteiger partial charge in [-0.2, -0.15) is 0 Å². The second-order valence-corrected chi connectivity index (χ2v) is 4.79. The topological polar surface area (TPSA) is 66.4 Å². The maximum Gasteiger partial charge on any atom is 0.305 e. The summed E-state index contributed by atoms with van der Waals surface area (Å²) in [5.41, 5.74) is 0.663. The molecule has 0 saturated heterocycles. The van der Waals surface area contributed by atoms with Crippen molar-refractivity contribution < 1.29 is 14.7 Å². The fourth-order valence-electron chi connectivity index (χ4n) is 1.40. The number of hydrogen-bond donors (Lipinski definition) is 2. The number of carboxylic acid groups (broad SMARTS) is 1. The van der Waals surface area contributed by atoms with E-state index in [1.807, 2.05) is 0 Å². The van der Waals surface area contributed by atoms with Crippen LogP contribution in [0.5, 0.6) is 0 Å². The normalized spacial score (nSPS) is 11.9. The number of amides is 1. The summed E-state index contributed by atoms with van der Waals surface area (Å²) in [6.45, 7) is 1.34. The molecule has 0 aliphatic carbocycles. The third kappa shape index (κ3) is 4.36. The zero-order valence-electron chi connectivity index (χ0n) is 9.04. The van der Waals surface area contributed by atoms with Gasteiger partial charge in [0.05, 0.1) is 17.5 Å². The monoisotopic (exact) mass is 319 g/mol. The molecule has 0 saturated carbocycles. The average Bonchev–Trinajstić information content (AvgIpc) is 2.19. The van der Waals surface area contributed by atoms with E-state index in [0.717, 1.165) is 4.47 Å². The Bertz CT molecular complexity index is 434. The molecule has 17 heavy (non-hydrogen) atoms. The molecule has 0 aliphatic rings. The van der Waals surface area contributed by atoms with Gasteiger partial charge >= 0.3 is 5.97 Å². The van der Waals surface area contributed by atoms with E-state index < -0.39 is 12.0 Å². The van der Waals surface area contributed by atoms with E-state index >= 15 is 0 Å². The van der Waals surface area contributed by atoms with Gasteiger partial charge in [-0.25, -0.2) is 0 Å². The second kappa shape index (κ2) is 6.02. The number of benzene rings is 1. The Hall–Kier alpha value is -1.07. The molecule has 0 aromatic heterocycles. The molecular formula is C11H11BrClNO3. The minimum absolute atomic E-state index is 0.183. The van der Waals surface area contributed by atoms with Crippen LogP contribution in [0.15, 0.2) is 22.7 Å². The molecule has 6 heteroatoms. The molecule has 0 bridgehead atoms. The molecule has 4 nitrogen and oxygen atoms in total. The number of rotatable bonds is 4. The van der Waals surface area contributed by atoms with Crippen LogP contribution in [0.25, 0.3) is 0 Å². The maximum absolute atomic E-state index is 11.0. The smallest absolute Gasteiger partial charge is 0.305 e. The lowest BCUT2D eigenvalue weighted by atomic mass is 10.0. The molecule has 0 spiro atoms. The number of aliphatic carboxylic acids is 1. The molecule has 1 unspecified atom stereocenters. The molecule has 0 radical (unpaired) electrons. The van der Waals surface area contributed by atoms with Crippen molar-refractivity contribution in [2.45, 2.75) is 19.4 Å². The molecule has 0 heterocycles. The Morgan fingerprint density at radius 3 is 2.65 bits per heavy atom. The molecule has 1 aromatic carbocycles. The highest BCUT2D eigenvalue weighted by Crippen LogP contribution is 2.27. The number of nitrogens with one attached hydrogen (secondary N) is 1. The first-order chi connectivity index (χ1) is 7.90. The molecule has 92 valence electrons. The standard InChI is InChI=1S/C11H11BrClNO3/c1-6(15)14-10(5-11(16)17)7-2-3-8(12)9(13)4-7/h2-4,10H,5H2,1H3,(H,14,15)(H,16,17). The SMILES string of the molecule is CC(=O)NC(CC(=O)O)c1ccc(Br)c(Cl)c1. The first kappa shape index (κ1) is 14.0. The summed E-state index contributed by atoms with van der Waals surface area (Å²) in [4.78, 5) is 21.7. The van der Waals surface area contributed by atoms with Crippen LogP contribution in [0.2, 0.25) is 5.02 Å². The van der Waals surface area contributed by atoms with Gasteiger partial charge in [-0.05, 0) is 33.6 Å². The van der Waals surface area contributed by atoms with E-state index in [1.54, 1.807) is 18.2 Å². The maximum atomic E-state index is 11.0. The summed E-state index contributed by atoms with van der Waals surface area (Å²) in [6, 6.07) is 4.50. The highest BCUT2D eigenvalue weighted by Gasteiger charge is 2.17. The van der Waals surface area contributed by atoms with Crippen LogP contribution in [0.3, 0.4) is 0 Å². The highest BCUT2D eigenvalue weighted by molar-refractivity contribution is 9.10. The summed E-state index contributed by atoms with van der Waals surface area (Å²) < 4.78 is 0.722. The molecule has 0 aliphatic heterocycles. The van der Waals surface area contributed by atoms with Gasteiger partial charge < -0.3 is 10.4 Å². The lowest BCUT2D eigenvalue weighted by molar-refractivity contribution is -0.137. The molecule has 1 rings (SSSR count). The minimum Gasteiger partial charge on any atom is -0.481 e. The van der Waals surface area contributed by atoms with Crippen LogP contribution >= 0.6 is 27.5 Å². The summed E-state index contributed by atoms with van der Waals surface area (Å²) in [5, 5.41) is 11.8. The van der Waals surface area contributed by atoms with Crippen LogP contribution in [-0.4, -0.2) is 17.0 Å². The van der Waals surface area contributed by atoms with Crippen LogP contribution in [0.4, 0.5) is 0 Å². The summed E-state index contributed by atoms with van der Waals surface area (Å²) in [6.07, 6.45) is -0.183. The van der Waals surface area contributed by atoms with E-state index in [-0.39, 0.29) is 12.3 Å². The van der Waals surface area contributed by atoms with Gasteiger partial charge in [0, 0.05) is 11.4 Å². The Kier molecular flexibility index (Phi) is 4.96. The van der Waals surface area contributed by atoms with Gasteiger partial charge in [0.25, 0.3) is 0 Å². The second-order valence-electron chi connectivity index (χ2n) is 3.52. The van der Waals surface area contributed by atoms with E-state index in [0.29, 0.717) is 10.6 Å². The zero-order valence-corrected chi connectivity index (χ0v) is 11.4. The van der Waals surface area contributed by atoms with Gasteiger partial charge in [0.15, 0.2) is 0 Å². The van der Waals surface area contributed by atoms with Crippen molar-refractivity contribution in [3.8, 4) is 0 Å². The van der Waals surface area contributed by atoms with Crippen molar-refractivity contribution in [1.29, 1.82) is 0 Å². The first-order valence-electron chi connectivity index (χ1n) is 4.84. The van der Waals surface area contributed by atoms with E-state index in [4.69, 9.17) is 16.7 Å². The summed E-state index contributed by atoms with van der Waals surface area (Å²) in [7, 11) is 0. The Labute approximate surface area is 112 Å². The highest BCUT2D eigenvalue weighted by atomic mass is 79.9. The number of carboxylic acids is 1. The Balaban J connectivity index is 2.98. The predicted octanol–water partition coefficient (Wildman–Crippen LogP) is 2.75. The van der Waals surface area contributed by atoms with Crippen molar-refractivity contribution >= 4 is 39.4 Å². The van der Waals surface area contributed by atoms with Crippen molar-refractivity contribution in [3.05, 3.63) is 33.3 Å². The molecular weight excluding hydrogens is 309 g/mol. The van der Waals surface area contributed by atoms with Gasteiger partial charge in [-0.15, -0.1) is 0 Å². The van der Waals surface area contributed by atoms with Crippen LogP contribution in [-0.2, 0) is 9.59 Å². The largest absolute Gasteiger partial charge is 0.481 e. The molecule has 2 N–H and O–H groups in total. The zero-order chi connectivity index (χ0) is 13.0. The predicted molar refractivity (Wildman–Crippen MR) is 68.0 cm³/mol. The quantitative estimate of drug-likeness (QED) is 0.896. The van der Waals surface area contributed by atoms with E-state index in [2.05, 4.69) is 21.2 Å². The number of carbonyl (C=O) groups excluding carboxylic acids is 1. The molecule has 1 aromatic rings. The Morgan fingerprint density at radius 1 is 1.53 bits per heavy atom. The van der Waals surface area contributed by atoms with Gasteiger partial charge in [0.1, 0.15) is 0 Å². The number of carbonyl (C=O) groups is 2. The fraction of sp³-hybridized carbons (Fsp3) is 0.273. The molecule has 0 fully saturated rings. The van der Waals surface area contributed by atoms with Gasteiger partial charge in [0.2, 0.25) is 5.91 Å². The molecule has 1 atom stereocenters. The van der Waals surface area contributed by atoms with Crippen molar-refractivity contribution in [2.75, 3.05) is 0 Å². The Morgan fingerprint density at radius 2 is 2.18 bits per heavy atom. The lowest BCUT2D eigenvalue weighted by Crippen LogP contribution is -2.27. The third-order valence-electron chi connectivity index (χ3n) is 2.10. The summed E-state index contributed by atoms with van der Waals surface area (Å²) >= 11 is 9.17. The van der Waals surface area contributed by atoms with Crippen molar-refractivity contribution in [2.24, 2.45) is 0 Å². The van der Waals surface area contributed by atoms with Crippen molar-refractivity contribution in [1.82, 2.24) is 5.32 Å². The minimum atomic E-state index is -0.984. The van der Waals surface area contributed by atoms with Crippen molar-refractivity contribution in [3.63, 3.8) is 0 Å². The van der Waals surface area contributed by atoms with E-state index in [9.17, 15) is 9.59 Å². The average molecular weight is 321 g/mol. The van der Waals surface area contributed by atoms with Gasteiger partial charge in [-0.1, -0.05) is 17.7 Å². The third-order valence-corrected chi connectivity index (χ3v) is 3.33. The first-order valence-corrected chi connectivity index (χ1v) is 6.01. The van der Waals surface area contributed by atoms with Crippen LogP contribution in [0, 0.1) is 0 Å². The van der Waals surface area contributed by atoms with E-state index in [1.165, 1.54) is 6.92 Å². The number of halogens is 2. The summed E-state index contributed by atoms with van der Waals surface area (Å²) in [5.74, 6) is -1.27. The molecule has 1 amide bonds.